The third-order valence-corrected chi connectivity index (χ3v) is 2.05. The third-order valence-electron chi connectivity index (χ3n) is 1.45. The highest BCUT2D eigenvalue weighted by molar-refractivity contribution is 9.10. The molecule has 0 aliphatic carbocycles. The van der Waals surface area contributed by atoms with Gasteiger partial charge in [0.15, 0.2) is 5.58 Å². The van der Waals surface area contributed by atoms with Crippen molar-refractivity contribution in [3.05, 3.63) is 22.4 Å². The SMILES string of the molecule is Nc1nc2cc(F)c(Br)cc2o1. The molecule has 62 valence electrons. The first-order chi connectivity index (χ1) is 5.66. The molecule has 0 saturated carbocycles. The molecular weight excluding hydrogens is 227 g/mol. The van der Waals surface area contributed by atoms with Crippen LogP contribution in [0.25, 0.3) is 11.1 Å². The zero-order chi connectivity index (χ0) is 8.72. The molecule has 0 aliphatic rings. The standard InChI is InChI=1S/C7H4BrFN2O/c8-3-1-6-5(2-4(3)9)11-7(10)12-6/h1-2H,(H2,10,11). The summed E-state index contributed by atoms with van der Waals surface area (Å²) in [6.07, 6.45) is 0. The maximum Gasteiger partial charge on any atom is 0.292 e. The highest BCUT2D eigenvalue weighted by Gasteiger charge is 2.06. The van der Waals surface area contributed by atoms with E-state index in [1.807, 2.05) is 0 Å². The minimum Gasteiger partial charge on any atom is -0.424 e. The third kappa shape index (κ3) is 1.06. The second-order valence-corrected chi connectivity index (χ2v) is 3.14. The van der Waals surface area contributed by atoms with Gasteiger partial charge in [0.1, 0.15) is 11.3 Å². The van der Waals surface area contributed by atoms with Gasteiger partial charge in [0.25, 0.3) is 6.01 Å². The Morgan fingerprint density at radius 1 is 1.50 bits per heavy atom. The van der Waals surface area contributed by atoms with Crippen molar-refractivity contribution in [2.45, 2.75) is 0 Å². The zero-order valence-corrected chi connectivity index (χ0v) is 7.43. The smallest absolute Gasteiger partial charge is 0.292 e. The maximum absolute atomic E-state index is 12.9. The molecule has 0 radical (unpaired) electrons. The first-order valence-electron chi connectivity index (χ1n) is 3.18. The number of hydrogen-bond acceptors (Lipinski definition) is 3. The molecule has 1 aromatic heterocycles. The number of aromatic nitrogens is 1. The summed E-state index contributed by atoms with van der Waals surface area (Å²) in [5.74, 6) is -0.379. The number of oxazole rings is 1. The largest absolute Gasteiger partial charge is 0.424 e. The number of nitrogen functional groups attached to an aromatic ring is 1. The van der Waals surface area contributed by atoms with Crippen LogP contribution in [-0.4, -0.2) is 4.98 Å². The van der Waals surface area contributed by atoms with Crippen LogP contribution in [0.4, 0.5) is 10.4 Å². The molecule has 0 bridgehead atoms. The normalized spacial score (nSPS) is 10.8. The number of rotatable bonds is 0. The van der Waals surface area contributed by atoms with E-state index in [9.17, 15) is 4.39 Å². The van der Waals surface area contributed by atoms with Crippen molar-refractivity contribution in [3.63, 3.8) is 0 Å². The monoisotopic (exact) mass is 230 g/mol. The number of anilines is 1. The van der Waals surface area contributed by atoms with Crippen LogP contribution in [0, 0.1) is 5.82 Å². The van der Waals surface area contributed by atoms with Crippen molar-refractivity contribution in [1.82, 2.24) is 4.98 Å². The van der Waals surface area contributed by atoms with Gasteiger partial charge in [-0.1, -0.05) is 0 Å². The fourth-order valence-corrected chi connectivity index (χ4v) is 1.26. The van der Waals surface area contributed by atoms with Crippen LogP contribution < -0.4 is 5.73 Å². The summed E-state index contributed by atoms with van der Waals surface area (Å²) in [6, 6.07) is 2.80. The molecule has 0 spiro atoms. The Bertz CT molecular complexity index is 401. The van der Waals surface area contributed by atoms with E-state index < -0.39 is 0 Å². The molecule has 1 aromatic carbocycles. The highest BCUT2D eigenvalue weighted by atomic mass is 79.9. The van der Waals surface area contributed by atoms with E-state index >= 15 is 0 Å². The summed E-state index contributed by atoms with van der Waals surface area (Å²) in [4.78, 5) is 3.77. The molecular formula is C7H4BrFN2O. The summed E-state index contributed by atoms with van der Waals surface area (Å²) < 4.78 is 18.2. The summed E-state index contributed by atoms with van der Waals surface area (Å²) in [5, 5.41) is 0. The number of hydrogen-bond donors (Lipinski definition) is 1. The number of fused-ring (bicyclic) bond motifs is 1. The van der Waals surface area contributed by atoms with Gasteiger partial charge < -0.3 is 10.2 Å². The first kappa shape index (κ1) is 7.54. The Kier molecular flexibility index (Phi) is 1.54. The van der Waals surface area contributed by atoms with Crippen molar-refractivity contribution in [3.8, 4) is 0 Å². The lowest BCUT2D eigenvalue weighted by Gasteiger charge is -1.90. The Balaban J connectivity index is 2.83. The molecule has 1 heterocycles. The number of nitrogens with two attached hydrogens (primary N) is 1. The summed E-state index contributed by atoms with van der Waals surface area (Å²) in [6.45, 7) is 0. The van der Waals surface area contributed by atoms with Gasteiger partial charge in [-0.2, -0.15) is 4.98 Å². The molecule has 0 amide bonds. The van der Waals surface area contributed by atoms with E-state index in [0.29, 0.717) is 15.6 Å². The number of benzene rings is 1. The summed E-state index contributed by atoms with van der Waals surface area (Å²) in [7, 11) is 0. The van der Waals surface area contributed by atoms with E-state index in [2.05, 4.69) is 20.9 Å². The predicted molar refractivity (Wildman–Crippen MR) is 46.1 cm³/mol. The van der Waals surface area contributed by atoms with Gasteiger partial charge in [0.2, 0.25) is 0 Å². The second-order valence-electron chi connectivity index (χ2n) is 2.29. The molecule has 0 fully saturated rings. The quantitative estimate of drug-likeness (QED) is 0.756. The molecule has 12 heavy (non-hydrogen) atoms. The Morgan fingerprint density at radius 2 is 2.25 bits per heavy atom. The number of nitrogens with zero attached hydrogens (tertiary/aromatic N) is 1. The van der Waals surface area contributed by atoms with Crippen LogP contribution in [-0.2, 0) is 0 Å². The lowest BCUT2D eigenvalue weighted by Crippen LogP contribution is -1.81. The topological polar surface area (TPSA) is 52.0 Å². The van der Waals surface area contributed by atoms with Crippen LogP contribution in [0.2, 0.25) is 0 Å². The molecule has 2 aromatic rings. The maximum atomic E-state index is 12.9. The van der Waals surface area contributed by atoms with Crippen molar-refractivity contribution < 1.29 is 8.81 Å². The van der Waals surface area contributed by atoms with Crippen LogP contribution in [0.3, 0.4) is 0 Å². The summed E-state index contributed by atoms with van der Waals surface area (Å²) >= 11 is 3.02. The van der Waals surface area contributed by atoms with Crippen LogP contribution in [0.15, 0.2) is 21.0 Å². The predicted octanol–water partition coefficient (Wildman–Crippen LogP) is 2.31. The Hall–Kier alpha value is -1.10. The van der Waals surface area contributed by atoms with Crippen molar-refractivity contribution in [1.29, 1.82) is 0 Å². The second kappa shape index (κ2) is 2.45. The van der Waals surface area contributed by atoms with Crippen molar-refractivity contribution >= 4 is 33.0 Å². The fraction of sp³-hybridized carbons (Fsp3) is 0. The van der Waals surface area contributed by atoms with Crippen molar-refractivity contribution in [2.75, 3.05) is 5.73 Å². The average molecular weight is 231 g/mol. The minimum absolute atomic E-state index is 0.0440. The molecule has 0 atom stereocenters. The molecule has 0 aliphatic heterocycles. The van der Waals surface area contributed by atoms with E-state index in [-0.39, 0.29) is 11.8 Å². The minimum atomic E-state index is -0.379. The van der Waals surface area contributed by atoms with Gasteiger partial charge in [0, 0.05) is 12.1 Å². The van der Waals surface area contributed by atoms with Gasteiger partial charge >= 0.3 is 0 Å². The zero-order valence-electron chi connectivity index (χ0n) is 5.84. The van der Waals surface area contributed by atoms with Crippen molar-refractivity contribution in [2.24, 2.45) is 0 Å². The lowest BCUT2D eigenvalue weighted by atomic mass is 10.3. The van der Waals surface area contributed by atoms with E-state index in [4.69, 9.17) is 10.2 Å². The van der Waals surface area contributed by atoms with Gasteiger partial charge in [0.05, 0.1) is 4.47 Å². The van der Waals surface area contributed by atoms with Crippen LogP contribution in [0.1, 0.15) is 0 Å². The molecule has 3 nitrogen and oxygen atoms in total. The molecule has 5 heteroatoms. The highest BCUT2D eigenvalue weighted by Crippen LogP contribution is 2.24. The van der Waals surface area contributed by atoms with E-state index in [1.165, 1.54) is 12.1 Å². The summed E-state index contributed by atoms with van der Waals surface area (Å²) in [5.41, 5.74) is 6.17. The van der Waals surface area contributed by atoms with Crippen LogP contribution in [0.5, 0.6) is 0 Å². The first-order valence-corrected chi connectivity index (χ1v) is 3.97. The molecule has 0 saturated heterocycles. The van der Waals surface area contributed by atoms with Crippen LogP contribution >= 0.6 is 15.9 Å². The van der Waals surface area contributed by atoms with Gasteiger partial charge in [-0.25, -0.2) is 4.39 Å². The Labute approximate surface area is 75.5 Å². The fourth-order valence-electron chi connectivity index (χ4n) is 0.941. The molecule has 2 N–H and O–H groups in total. The average Bonchev–Trinajstić information content (AvgIpc) is 2.30. The van der Waals surface area contributed by atoms with E-state index in [1.54, 1.807) is 0 Å². The molecule has 2 rings (SSSR count). The Morgan fingerprint density at radius 3 is 3.00 bits per heavy atom. The van der Waals surface area contributed by atoms with Gasteiger partial charge in [-0.05, 0) is 15.9 Å². The van der Waals surface area contributed by atoms with Gasteiger partial charge in [-0.3, -0.25) is 0 Å². The van der Waals surface area contributed by atoms with E-state index in [0.717, 1.165) is 0 Å². The van der Waals surface area contributed by atoms with Gasteiger partial charge in [-0.15, -0.1) is 0 Å². The molecule has 0 unspecified atom stereocenters. The number of halogens is 2. The lowest BCUT2D eigenvalue weighted by molar-refractivity contribution is 0.613.